The number of hydrogen-bond donors (Lipinski definition) is 0. The van der Waals surface area contributed by atoms with Gasteiger partial charge in [0, 0.05) is 19.1 Å². The summed E-state index contributed by atoms with van der Waals surface area (Å²) in [5, 5.41) is 4.49. The van der Waals surface area contributed by atoms with Gasteiger partial charge in [-0.3, -0.25) is 9.69 Å². The molecule has 25 heavy (non-hydrogen) atoms. The van der Waals surface area contributed by atoms with Crippen LogP contribution in [0.2, 0.25) is 0 Å². The van der Waals surface area contributed by atoms with Crippen molar-refractivity contribution in [3.63, 3.8) is 0 Å². The van der Waals surface area contributed by atoms with Crippen molar-refractivity contribution in [2.24, 2.45) is 0 Å². The molecule has 0 aliphatic carbocycles. The fourth-order valence-electron chi connectivity index (χ4n) is 4.26. The van der Waals surface area contributed by atoms with Crippen LogP contribution in [0.15, 0.2) is 0 Å². The molecule has 0 N–H and O–H groups in total. The van der Waals surface area contributed by atoms with Gasteiger partial charge >= 0.3 is 0 Å². The highest BCUT2D eigenvalue weighted by Gasteiger charge is 2.36. The third-order valence-corrected chi connectivity index (χ3v) is 5.36. The quantitative estimate of drug-likeness (QED) is 0.822. The molecule has 3 heterocycles. The number of nitrogens with zero attached hydrogens (tertiary/aromatic N) is 5. The molecular formula is C18H31N5O2. The molecule has 4 atom stereocenters. The minimum atomic E-state index is -0.102. The maximum atomic E-state index is 13.0. The molecule has 2 aliphatic heterocycles. The number of morpholine rings is 1. The Balaban J connectivity index is 1.66. The molecule has 2 aliphatic rings. The van der Waals surface area contributed by atoms with Gasteiger partial charge in [-0.25, -0.2) is 9.67 Å². The zero-order chi connectivity index (χ0) is 18.1. The minimum Gasteiger partial charge on any atom is -0.372 e. The Hall–Kier alpha value is -1.47. The lowest BCUT2D eigenvalue weighted by atomic mass is 10.1. The van der Waals surface area contributed by atoms with Crippen molar-refractivity contribution in [3.8, 4) is 0 Å². The molecule has 0 saturated carbocycles. The van der Waals surface area contributed by atoms with E-state index in [9.17, 15) is 4.79 Å². The van der Waals surface area contributed by atoms with Crippen molar-refractivity contribution in [2.45, 2.75) is 78.3 Å². The summed E-state index contributed by atoms with van der Waals surface area (Å²) in [4.78, 5) is 21.8. The number of aryl methyl sites for hydroxylation is 2. The van der Waals surface area contributed by atoms with Gasteiger partial charge in [-0.1, -0.05) is 0 Å². The third kappa shape index (κ3) is 4.03. The summed E-state index contributed by atoms with van der Waals surface area (Å²) in [6.07, 6.45) is 2.45. The van der Waals surface area contributed by atoms with Crippen LogP contribution >= 0.6 is 0 Å². The average molecular weight is 349 g/mol. The van der Waals surface area contributed by atoms with Crippen LogP contribution in [0, 0.1) is 13.8 Å². The zero-order valence-electron chi connectivity index (χ0n) is 16.1. The number of aromatic nitrogens is 3. The van der Waals surface area contributed by atoms with Gasteiger partial charge in [0.25, 0.3) is 0 Å². The number of rotatable bonds is 4. The lowest BCUT2D eigenvalue weighted by Crippen LogP contribution is -2.55. The molecule has 1 amide bonds. The SMILES string of the molecule is Cc1nc(C)n(C[C@@H]2CCCN2[C@H](C)C(=O)N2C[C@@H](C)O[C@H](C)C2)n1. The predicted octanol–water partition coefficient (Wildman–Crippen LogP) is 1.38. The molecule has 1 aromatic rings. The lowest BCUT2D eigenvalue weighted by Gasteiger charge is -2.39. The molecule has 0 spiro atoms. The Kier molecular flexibility index (Phi) is 5.43. The van der Waals surface area contributed by atoms with Crippen molar-refractivity contribution in [2.75, 3.05) is 19.6 Å². The van der Waals surface area contributed by atoms with Crippen molar-refractivity contribution in [1.29, 1.82) is 0 Å². The number of carbonyl (C=O) groups excluding carboxylic acids is 1. The maximum absolute atomic E-state index is 13.0. The summed E-state index contributed by atoms with van der Waals surface area (Å²) in [5.41, 5.74) is 0. The summed E-state index contributed by atoms with van der Waals surface area (Å²) in [6.45, 7) is 13.2. The van der Waals surface area contributed by atoms with E-state index in [0.29, 0.717) is 19.1 Å². The minimum absolute atomic E-state index is 0.102. The number of carbonyl (C=O) groups is 1. The fourth-order valence-corrected chi connectivity index (χ4v) is 4.26. The molecule has 1 aromatic heterocycles. The number of amides is 1. The van der Waals surface area contributed by atoms with E-state index >= 15 is 0 Å². The lowest BCUT2D eigenvalue weighted by molar-refractivity contribution is -0.148. The first-order valence-corrected chi connectivity index (χ1v) is 9.43. The van der Waals surface area contributed by atoms with Crippen LogP contribution in [0.5, 0.6) is 0 Å². The van der Waals surface area contributed by atoms with E-state index in [1.54, 1.807) is 0 Å². The first kappa shape index (κ1) is 18.3. The predicted molar refractivity (Wildman–Crippen MR) is 95.3 cm³/mol. The molecule has 0 radical (unpaired) electrons. The highest BCUT2D eigenvalue weighted by atomic mass is 16.5. The van der Waals surface area contributed by atoms with E-state index < -0.39 is 0 Å². The van der Waals surface area contributed by atoms with Crippen molar-refractivity contribution >= 4 is 5.91 Å². The van der Waals surface area contributed by atoms with Gasteiger partial charge in [0.1, 0.15) is 11.6 Å². The van der Waals surface area contributed by atoms with E-state index in [0.717, 1.165) is 37.6 Å². The van der Waals surface area contributed by atoms with Gasteiger partial charge in [-0.2, -0.15) is 5.10 Å². The normalized spacial score (nSPS) is 29.2. The Morgan fingerprint density at radius 2 is 1.96 bits per heavy atom. The maximum Gasteiger partial charge on any atom is 0.239 e. The van der Waals surface area contributed by atoms with Crippen molar-refractivity contribution < 1.29 is 9.53 Å². The van der Waals surface area contributed by atoms with Crippen molar-refractivity contribution in [3.05, 3.63) is 11.6 Å². The Morgan fingerprint density at radius 3 is 2.56 bits per heavy atom. The Bertz CT molecular complexity index is 607. The molecular weight excluding hydrogens is 318 g/mol. The molecule has 0 bridgehead atoms. The van der Waals surface area contributed by atoms with Gasteiger partial charge in [-0.05, 0) is 54.0 Å². The average Bonchev–Trinajstić information content (AvgIpc) is 3.11. The summed E-state index contributed by atoms with van der Waals surface area (Å²) >= 11 is 0. The first-order valence-electron chi connectivity index (χ1n) is 9.43. The van der Waals surface area contributed by atoms with Crippen LogP contribution in [0.1, 0.15) is 45.3 Å². The number of ether oxygens (including phenoxy) is 1. The molecule has 2 saturated heterocycles. The van der Waals surface area contributed by atoms with Crippen LogP contribution in [0.25, 0.3) is 0 Å². The van der Waals surface area contributed by atoms with E-state index in [-0.39, 0.29) is 24.2 Å². The van der Waals surface area contributed by atoms with Crippen LogP contribution in [0.3, 0.4) is 0 Å². The summed E-state index contributed by atoms with van der Waals surface area (Å²) in [5.74, 6) is 1.97. The highest BCUT2D eigenvalue weighted by Crippen LogP contribution is 2.24. The molecule has 0 unspecified atom stereocenters. The summed E-state index contributed by atoms with van der Waals surface area (Å²) in [7, 11) is 0. The fraction of sp³-hybridized carbons (Fsp3) is 0.833. The Labute approximate surface area is 150 Å². The van der Waals surface area contributed by atoms with Gasteiger partial charge in [-0.15, -0.1) is 0 Å². The molecule has 2 fully saturated rings. The number of hydrogen-bond acceptors (Lipinski definition) is 5. The van der Waals surface area contributed by atoms with E-state index in [2.05, 4.69) is 15.0 Å². The molecule has 7 nitrogen and oxygen atoms in total. The van der Waals surface area contributed by atoms with Gasteiger partial charge < -0.3 is 9.64 Å². The van der Waals surface area contributed by atoms with Gasteiger partial charge in [0.2, 0.25) is 5.91 Å². The Morgan fingerprint density at radius 1 is 1.28 bits per heavy atom. The largest absolute Gasteiger partial charge is 0.372 e. The highest BCUT2D eigenvalue weighted by molar-refractivity contribution is 5.81. The molecule has 0 aromatic carbocycles. The topological polar surface area (TPSA) is 63.5 Å². The standard InChI is InChI=1S/C18H31N5O2/c1-12-9-21(10-13(2)25-12)18(24)14(3)22-8-6-7-17(22)11-23-16(5)19-15(4)20-23/h12-14,17H,6-11H2,1-5H3/t12-,13-,14-,17+/m1/s1. The van der Waals surface area contributed by atoms with Crippen LogP contribution in [0.4, 0.5) is 0 Å². The molecule has 140 valence electrons. The second kappa shape index (κ2) is 7.41. The van der Waals surface area contributed by atoms with E-state index in [1.165, 1.54) is 0 Å². The van der Waals surface area contributed by atoms with Crippen LogP contribution in [-0.2, 0) is 16.1 Å². The molecule has 3 rings (SSSR count). The monoisotopic (exact) mass is 349 g/mol. The third-order valence-electron chi connectivity index (χ3n) is 5.36. The zero-order valence-corrected chi connectivity index (χ0v) is 16.1. The smallest absolute Gasteiger partial charge is 0.239 e. The van der Waals surface area contributed by atoms with Crippen LogP contribution in [-0.4, -0.2) is 74.4 Å². The van der Waals surface area contributed by atoms with E-state index in [1.807, 2.05) is 44.2 Å². The molecule has 7 heteroatoms. The first-order chi connectivity index (χ1) is 11.8. The summed E-state index contributed by atoms with van der Waals surface area (Å²) in [6, 6.07) is 0.240. The second-order valence-electron chi connectivity index (χ2n) is 7.60. The van der Waals surface area contributed by atoms with Gasteiger partial charge in [0.05, 0.1) is 24.8 Å². The van der Waals surface area contributed by atoms with Crippen LogP contribution < -0.4 is 0 Å². The summed E-state index contributed by atoms with van der Waals surface area (Å²) < 4.78 is 7.74. The van der Waals surface area contributed by atoms with Gasteiger partial charge in [0.15, 0.2) is 0 Å². The number of likely N-dealkylation sites (tertiary alicyclic amines) is 1. The second-order valence-corrected chi connectivity index (χ2v) is 7.60. The van der Waals surface area contributed by atoms with Crippen molar-refractivity contribution in [1.82, 2.24) is 24.6 Å². The van der Waals surface area contributed by atoms with E-state index in [4.69, 9.17) is 4.74 Å².